The van der Waals surface area contributed by atoms with Crippen LogP contribution in [0.25, 0.3) is 0 Å². The first-order valence-electron chi connectivity index (χ1n) is 6.51. The highest BCUT2D eigenvalue weighted by atomic mass is 16.1. The van der Waals surface area contributed by atoms with Gasteiger partial charge in [0.1, 0.15) is 0 Å². The zero-order chi connectivity index (χ0) is 14.2. The third-order valence-electron chi connectivity index (χ3n) is 3.56. The minimum absolute atomic E-state index is 0.0854. The highest BCUT2D eigenvalue weighted by Gasteiger charge is 2.15. The summed E-state index contributed by atoms with van der Waals surface area (Å²) in [7, 11) is 0. The molecular formula is C16H20N2O. The minimum atomic E-state index is 0.0854. The highest BCUT2D eigenvalue weighted by molar-refractivity contribution is 5.96. The van der Waals surface area contributed by atoms with E-state index in [1.54, 1.807) is 6.92 Å². The maximum absolute atomic E-state index is 11.6. The predicted octanol–water partition coefficient (Wildman–Crippen LogP) is 3.37. The predicted molar refractivity (Wildman–Crippen MR) is 76.7 cm³/mol. The lowest BCUT2D eigenvalue weighted by Crippen LogP contribution is -2.06. The molecule has 2 aromatic rings. The highest BCUT2D eigenvalue weighted by Crippen LogP contribution is 2.17. The molecular weight excluding hydrogens is 236 g/mol. The van der Waals surface area contributed by atoms with E-state index in [1.165, 1.54) is 16.7 Å². The van der Waals surface area contributed by atoms with E-state index < -0.39 is 0 Å². The molecule has 100 valence electrons. The maximum atomic E-state index is 11.6. The fourth-order valence-corrected chi connectivity index (χ4v) is 2.49. The Bertz CT molecular complexity index is 638. The zero-order valence-corrected chi connectivity index (χ0v) is 12.2. The van der Waals surface area contributed by atoms with Crippen molar-refractivity contribution in [2.24, 2.45) is 0 Å². The molecule has 1 heterocycles. The molecule has 0 N–H and O–H groups in total. The SMILES string of the molecule is CC(=O)c1c(C)nn(Cc2cc(C)ccc2C)c1C. The van der Waals surface area contributed by atoms with Crippen molar-refractivity contribution in [2.75, 3.05) is 0 Å². The number of rotatable bonds is 3. The van der Waals surface area contributed by atoms with Crippen molar-refractivity contribution in [1.82, 2.24) is 9.78 Å². The molecule has 1 aromatic heterocycles. The van der Waals surface area contributed by atoms with Crippen LogP contribution in [0.1, 0.15) is 45.4 Å². The van der Waals surface area contributed by atoms with E-state index in [1.807, 2.05) is 18.5 Å². The summed E-state index contributed by atoms with van der Waals surface area (Å²) in [5.74, 6) is 0.0854. The molecule has 0 radical (unpaired) electrons. The van der Waals surface area contributed by atoms with Gasteiger partial charge in [-0.2, -0.15) is 5.10 Å². The summed E-state index contributed by atoms with van der Waals surface area (Å²) in [6.07, 6.45) is 0. The van der Waals surface area contributed by atoms with Crippen molar-refractivity contribution in [3.63, 3.8) is 0 Å². The number of aromatic nitrogens is 2. The molecule has 0 fully saturated rings. The Morgan fingerprint density at radius 3 is 2.47 bits per heavy atom. The third-order valence-corrected chi connectivity index (χ3v) is 3.56. The Morgan fingerprint density at radius 1 is 1.21 bits per heavy atom. The van der Waals surface area contributed by atoms with E-state index in [4.69, 9.17) is 0 Å². The summed E-state index contributed by atoms with van der Waals surface area (Å²) in [4.78, 5) is 11.6. The third kappa shape index (κ3) is 2.60. The van der Waals surface area contributed by atoms with Gasteiger partial charge in [0, 0.05) is 5.69 Å². The van der Waals surface area contributed by atoms with Crippen LogP contribution < -0.4 is 0 Å². The number of carbonyl (C=O) groups excluding carboxylic acids is 1. The first kappa shape index (κ1) is 13.5. The summed E-state index contributed by atoms with van der Waals surface area (Å²) < 4.78 is 1.92. The fraction of sp³-hybridized carbons (Fsp3) is 0.375. The van der Waals surface area contributed by atoms with Crippen molar-refractivity contribution in [3.8, 4) is 0 Å². The van der Waals surface area contributed by atoms with Crippen LogP contribution >= 0.6 is 0 Å². The molecule has 0 saturated heterocycles. The lowest BCUT2D eigenvalue weighted by atomic mass is 10.1. The number of carbonyl (C=O) groups is 1. The quantitative estimate of drug-likeness (QED) is 0.789. The lowest BCUT2D eigenvalue weighted by Gasteiger charge is -2.09. The van der Waals surface area contributed by atoms with Gasteiger partial charge in [0.25, 0.3) is 0 Å². The van der Waals surface area contributed by atoms with Gasteiger partial charge < -0.3 is 0 Å². The average molecular weight is 256 g/mol. The number of Topliss-reactive ketones (excluding diaryl/α,β-unsaturated/α-hetero) is 1. The molecule has 0 saturated carbocycles. The van der Waals surface area contributed by atoms with Crippen LogP contribution in [0.5, 0.6) is 0 Å². The van der Waals surface area contributed by atoms with Gasteiger partial charge in [0.15, 0.2) is 5.78 Å². The Hall–Kier alpha value is -1.90. The lowest BCUT2D eigenvalue weighted by molar-refractivity contribution is 0.101. The van der Waals surface area contributed by atoms with Crippen LogP contribution in [0.3, 0.4) is 0 Å². The van der Waals surface area contributed by atoms with Gasteiger partial charge >= 0.3 is 0 Å². The summed E-state index contributed by atoms with van der Waals surface area (Å²) >= 11 is 0. The van der Waals surface area contributed by atoms with Crippen molar-refractivity contribution in [3.05, 3.63) is 51.8 Å². The second kappa shape index (κ2) is 5.00. The number of nitrogens with zero attached hydrogens (tertiary/aromatic N) is 2. The summed E-state index contributed by atoms with van der Waals surface area (Å²) in [5, 5.41) is 4.49. The van der Waals surface area contributed by atoms with Gasteiger partial charge in [0.2, 0.25) is 0 Å². The molecule has 0 amide bonds. The second-order valence-electron chi connectivity index (χ2n) is 5.19. The number of aryl methyl sites for hydroxylation is 3. The minimum Gasteiger partial charge on any atom is -0.294 e. The molecule has 0 aliphatic rings. The summed E-state index contributed by atoms with van der Waals surface area (Å²) in [6.45, 7) is 10.4. The molecule has 0 bridgehead atoms. The molecule has 0 spiro atoms. The largest absolute Gasteiger partial charge is 0.294 e. The molecule has 0 aliphatic carbocycles. The number of hydrogen-bond acceptors (Lipinski definition) is 2. The van der Waals surface area contributed by atoms with Crippen LogP contribution in [0.15, 0.2) is 18.2 Å². The molecule has 0 aliphatic heterocycles. The van der Waals surface area contributed by atoms with E-state index in [0.717, 1.165) is 17.0 Å². The van der Waals surface area contributed by atoms with Crippen molar-refractivity contribution in [1.29, 1.82) is 0 Å². The fourth-order valence-electron chi connectivity index (χ4n) is 2.49. The number of benzene rings is 1. The molecule has 1 aromatic carbocycles. The molecule has 3 heteroatoms. The molecule has 19 heavy (non-hydrogen) atoms. The Morgan fingerprint density at radius 2 is 1.89 bits per heavy atom. The number of hydrogen-bond donors (Lipinski definition) is 0. The molecule has 3 nitrogen and oxygen atoms in total. The monoisotopic (exact) mass is 256 g/mol. The van der Waals surface area contributed by atoms with Crippen molar-refractivity contribution in [2.45, 2.75) is 41.2 Å². The zero-order valence-electron chi connectivity index (χ0n) is 12.2. The van der Waals surface area contributed by atoms with Crippen molar-refractivity contribution >= 4 is 5.78 Å². The normalized spacial score (nSPS) is 10.8. The van der Waals surface area contributed by atoms with Crippen molar-refractivity contribution < 1.29 is 4.79 Å². The van der Waals surface area contributed by atoms with Gasteiger partial charge in [-0.15, -0.1) is 0 Å². The van der Waals surface area contributed by atoms with Gasteiger partial charge in [-0.3, -0.25) is 9.48 Å². The van der Waals surface area contributed by atoms with Crippen LogP contribution in [0.4, 0.5) is 0 Å². The van der Waals surface area contributed by atoms with E-state index >= 15 is 0 Å². The topological polar surface area (TPSA) is 34.9 Å². The number of ketones is 1. The Labute approximate surface area is 114 Å². The summed E-state index contributed by atoms with van der Waals surface area (Å²) in [5.41, 5.74) is 6.27. The van der Waals surface area contributed by atoms with Crippen LogP contribution in [0.2, 0.25) is 0 Å². The van der Waals surface area contributed by atoms with E-state index in [9.17, 15) is 4.79 Å². The first-order chi connectivity index (χ1) is 8.90. The van der Waals surface area contributed by atoms with Gasteiger partial charge in [-0.25, -0.2) is 0 Å². The molecule has 2 rings (SSSR count). The van der Waals surface area contributed by atoms with Crippen LogP contribution in [-0.4, -0.2) is 15.6 Å². The summed E-state index contributed by atoms with van der Waals surface area (Å²) in [6, 6.07) is 6.42. The average Bonchev–Trinajstić information content (AvgIpc) is 2.59. The standard InChI is InChI=1S/C16H20N2O/c1-10-6-7-11(2)15(8-10)9-18-13(4)16(14(5)19)12(3)17-18/h6-8H,9H2,1-5H3. The molecule has 0 unspecified atom stereocenters. The van der Waals surface area contributed by atoms with Gasteiger partial charge in [-0.05, 0) is 45.7 Å². The van der Waals surface area contributed by atoms with Gasteiger partial charge in [-0.1, -0.05) is 23.8 Å². The Balaban J connectivity index is 2.42. The van der Waals surface area contributed by atoms with E-state index in [2.05, 4.69) is 37.1 Å². The second-order valence-corrected chi connectivity index (χ2v) is 5.19. The van der Waals surface area contributed by atoms with Crippen LogP contribution in [0, 0.1) is 27.7 Å². The first-order valence-corrected chi connectivity index (χ1v) is 6.51. The smallest absolute Gasteiger partial charge is 0.163 e. The molecule has 0 atom stereocenters. The van der Waals surface area contributed by atoms with Gasteiger partial charge in [0.05, 0.1) is 17.8 Å². The van der Waals surface area contributed by atoms with E-state index in [0.29, 0.717) is 6.54 Å². The van der Waals surface area contributed by atoms with E-state index in [-0.39, 0.29) is 5.78 Å². The Kier molecular flexibility index (Phi) is 3.56. The maximum Gasteiger partial charge on any atom is 0.163 e. The van der Waals surface area contributed by atoms with Crippen LogP contribution in [-0.2, 0) is 6.54 Å².